The van der Waals surface area contributed by atoms with Gasteiger partial charge in [-0.05, 0) is 18.2 Å². The van der Waals surface area contributed by atoms with Gasteiger partial charge in [-0.15, -0.1) is 0 Å². The summed E-state index contributed by atoms with van der Waals surface area (Å²) in [5.74, 6) is 0. The third kappa shape index (κ3) is 2.72. The molecule has 0 aliphatic rings. The average Bonchev–Trinajstić information content (AvgIpc) is 2.47. The standard InChI is InChI=1S/C14H9N3O3S/c18-13-11-6-1-2-7-12(11)21-14(16-13)15-9-4-3-5-10(8-9)17(19)20/h1-8H,(H,15,16,18). The second-order valence-electron chi connectivity index (χ2n) is 4.25. The number of rotatable bonds is 3. The summed E-state index contributed by atoms with van der Waals surface area (Å²) in [7, 11) is 0. The third-order valence-electron chi connectivity index (χ3n) is 2.84. The first kappa shape index (κ1) is 13.2. The molecule has 2 aromatic carbocycles. The third-order valence-corrected chi connectivity index (χ3v) is 3.80. The van der Waals surface area contributed by atoms with Crippen molar-refractivity contribution < 1.29 is 4.92 Å². The Labute approximate surface area is 122 Å². The topological polar surface area (TPSA) is 85.1 Å². The lowest BCUT2D eigenvalue weighted by Gasteiger charge is -2.05. The van der Waals surface area contributed by atoms with Crippen LogP contribution in [0.3, 0.4) is 0 Å². The van der Waals surface area contributed by atoms with Crippen LogP contribution in [-0.4, -0.2) is 9.91 Å². The molecule has 0 aliphatic carbocycles. The van der Waals surface area contributed by atoms with Gasteiger partial charge in [0, 0.05) is 22.5 Å². The largest absolute Gasteiger partial charge is 0.331 e. The van der Waals surface area contributed by atoms with Crippen LogP contribution in [0.2, 0.25) is 0 Å². The van der Waals surface area contributed by atoms with Crippen molar-refractivity contribution in [1.29, 1.82) is 0 Å². The minimum atomic E-state index is -0.471. The maximum absolute atomic E-state index is 11.9. The van der Waals surface area contributed by atoms with Crippen molar-refractivity contribution in [3.05, 3.63) is 69.0 Å². The predicted octanol–water partition coefficient (Wildman–Crippen LogP) is 3.31. The van der Waals surface area contributed by atoms with Crippen LogP contribution in [0.1, 0.15) is 0 Å². The van der Waals surface area contributed by atoms with E-state index in [1.54, 1.807) is 24.3 Å². The number of nitrogens with zero attached hydrogens (tertiary/aromatic N) is 2. The highest BCUT2D eigenvalue weighted by molar-refractivity contribution is 7.21. The van der Waals surface area contributed by atoms with Crippen molar-refractivity contribution >= 4 is 37.9 Å². The maximum Gasteiger partial charge on any atom is 0.281 e. The number of benzene rings is 2. The number of fused-ring (bicyclic) bond motifs is 1. The van der Waals surface area contributed by atoms with Crippen LogP contribution in [0.25, 0.3) is 10.1 Å². The number of hydrogen-bond donors (Lipinski definition) is 1. The van der Waals surface area contributed by atoms with E-state index < -0.39 is 4.92 Å². The number of hydrogen-bond acceptors (Lipinski definition) is 6. The van der Waals surface area contributed by atoms with Gasteiger partial charge in [-0.1, -0.05) is 29.5 Å². The Balaban J connectivity index is 2.00. The summed E-state index contributed by atoms with van der Waals surface area (Å²) < 4.78 is 0.811. The smallest absolute Gasteiger partial charge is 0.281 e. The van der Waals surface area contributed by atoms with E-state index in [0.717, 1.165) is 4.70 Å². The number of anilines is 2. The fourth-order valence-electron chi connectivity index (χ4n) is 1.89. The fraction of sp³-hybridized carbons (Fsp3) is 0. The molecule has 6 nitrogen and oxygen atoms in total. The summed E-state index contributed by atoms with van der Waals surface area (Å²) in [6.07, 6.45) is 0. The Morgan fingerprint density at radius 3 is 2.76 bits per heavy atom. The van der Waals surface area contributed by atoms with Crippen LogP contribution < -0.4 is 10.9 Å². The average molecular weight is 299 g/mol. The summed E-state index contributed by atoms with van der Waals surface area (Å²) in [5.41, 5.74) is 0.174. The Kier molecular flexibility index (Phi) is 3.33. The molecule has 0 saturated heterocycles. The number of nitro groups is 1. The van der Waals surface area contributed by atoms with Gasteiger partial charge in [-0.2, -0.15) is 4.98 Å². The minimum absolute atomic E-state index is 0.0202. The van der Waals surface area contributed by atoms with Crippen LogP contribution in [0.15, 0.2) is 53.3 Å². The molecule has 21 heavy (non-hydrogen) atoms. The molecule has 0 radical (unpaired) electrons. The van der Waals surface area contributed by atoms with E-state index in [0.29, 0.717) is 16.2 Å². The van der Waals surface area contributed by atoms with Gasteiger partial charge in [0.25, 0.3) is 11.2 Å². The van der Waals surface area contributed by atoms with Crippen LogP contribution in [-0.2, 0) is 0 Å². The molecule has 1 heterocycles. The predicted molar refractivity (Wildman–Crippen MR) is 82.3 cm³/mol. The highest BCUT2D eigenvalue weighted by atomic mass is 32.1. The highest BCUT2D eigenvalue weighted by Gasteiger charge is 2.08. The Hall–Kier alpha value is -2.80. The fourth-order valence-corrected chi connectivity index (χ4v) is 2.80. The van der Waals surface area contributed by atoms with Gasteiger partial charge < -0.3 is 5.32 Å². The Morgan fingerprint density at radius 2 is 1.95 bits per heavy atom. The quantitative estimate of drug-likeness (QED) is 0.592. The van der Waals surface area contributed by atoms with Crippen molar-refractivity contribution in [2.75, 3.05) is 5.32 Å². The first-order valence-electron chi connectivity index (χ1n) is 6.05. The molecule has 0 bridgehead atoms. The lowest BCUT2D eigenvalue weighted by molar-refractivity contribution is -0.384. The zero-order chi connectivity index (χ0) is 14.8. The van der Waals surface area contributed by atoms with Crippen LogP contribution in [0, 0.1) is 10.1 Å². The van der Waals surface area contributed by atoms with E-state index in [1.165, 1.54) is 23.5 Å². The number of nitro benzene ring substituents is 1. The Morgan fingerprint density at radius 1 is 1.14 bits per heavy atom. The van der Waals surface area contributed by atoms with E-state index in [4.69, 9.17) is 0 Å². The van der Waals surface area contributed by atoms with Crippen molar-refractivity contribution in [3.63, 3.8) is 0 Å². The van der Waals surface area contributed by atoms with E-state index in [-0.39, 0.29) is 11.2 Å². The zero-order valence-corrected chi connectivity index (χ0v) is 11.5. The van der Waals surface area contributed by atoms with E-state index in [1.807, 2.05) is 12.1 Å². The Bertz CT molecular complexity index is 892. The van der Waals surface area contributed by atoms with Gasteiger partial charge in [-0.3, -0.25) is 14.9 Å². The van der Waals surface area contributed by atoms with Crippen LogP contribution in [0.5, 0.6) is 0 Å². The lowest BCUT2D eigenvalue weighted by Crippen LogP contribution is -2.07. The van der Waals surface area contributed by atoms with Crippen molar-refractivity contribution in [3.8, 4) is 0 Å². The molecule has 1 N–H and O–H groups in total. The molecule has 3 rings (SSSR count). The van der Waals surface area contributed by atoms with Crippen molar-refractivity contribution in [2.45, 2.75) is 0 Å². The number of nitrogens with one attached hydrogen (secondary N) is 1. The second kappa shape index (κ2) is 5.29. The molecule has 3 aromatic rings. The summed E-state index contributed by atoms with van der Waals surface area (Å²) in [6.45, 7) is 0. The molecule has 0 unspecified atom stereocenters. The van der Waals surface area contributed by atoms with E-state index in [2.05, 4.69) is 10.3 Å². The maximum atomic E-state index is 11.9. The van der Waals surface area contributed by atoms with Gasteiger partial charge in [0.15, 0.2) is 5.13 Å². The van der Waals surface area contributed by atoms with Gasteiger partial charge in [0.2, 0.25) is 0 Å². The molecule has 1 aromatic heterocycles. The number of aromatic nitrogens is 1. The summed E-state index contributed by atoms with van der Waals surface area (Å²) in [5, 5.41) is 14.6. The van der Waals surface area contributed by atoms with Crippen LogP contribution in [0.4, 0.5) is 16.5 Å². The zero-order valence-electron chi connectivity index (χ0n) is 10.6. The molecule has 0 atom stereocenters. The van der Waals surface area contributed by atoms with Gasteiger partial charge in [-0.25, -0.2) is 0 Å². The van der Waals surface area contributed by atoms with Crippen molar-refractivity contribution in [1.82, 2.24) is 4.98 Å². The second-order valence-corrected chi connectivity index (χ2v) is 5.28. The first-order valence-corrected chi connectivity index (χ1v) is 6.86. The molecule has 0 amide bonds. The van der Waals surface area contributed by atoms with Crippen LogP contribution >= 0.6 is 11.3 Å². The first-order chi connectivity index (χ1) is 10.1. The van der Waals surface area contributed by atoms with Gasteiger partial charge >= 0.3 is 0 Å². The van der Waals surface area contributed by atoms with Gasteiger partial charge in [0.05, 0.1) is 10.3 Å². The van der Waals surface area contributed by atoms with Gasteiger partial charge in [0.1, 0.15) is 0 Å². The highest BCUT2D eigenvalue weighted by Crippen LogP contribution is 2.25. The van der Waals surface area contributed by atoms with Crippen molar-refractivity contribution in [2.24, 2.45) is 0 Å². The lowest BCUT2D eigenvalue weighted by atomic mass is 10.3. The van der Waals surface area contributed by atoms with E-state index >= 15 is 0 Å². The molecule has 0 fully saturated rings. The minimum Gasteiger partial charge on any atom is -0.331 e. The van der Waals surface area contributed by atoms with E-state index in [9.17, 15) is 14.9 Å². The molecule has 104 valence electrons. The monoisotopic (exact) mass is 299 g/mol. The molecule has 0 saturated carbocycles. The summed E-state index contributed by atoms with van der Waals surface area (Å²) in [6, 6.07) is 13.2. The molecule has 7 heteroatoms. The molecule has 0 aliphatic heterocycles. The normalized spacial score (nSPS) is 10.5. The SMILES string of the molecule is O=c1nc(Nc2cccc([N+](=O)[O-])c2)sc2ccccc12. The number of non-ortho nitro benzene ring substituents is 1. The molecule has 0 spiro atoms. The molecular formula is C14H9N3O3S. The summed E-state index contributed by atoms with van der Waals surface area (Å²) >= 11 is 1.32. The molecular weight excluding hydrogens is 290 g/mol. The summed E-state index contributed by atoms with van der Waals surface area (Å²) in [4.78, 5) is 26.1.